The lowest BCUT2D eigenvalue weighted by molar-refractivity contribution is 0.219. The molecule has 0 radical (unpaired) electrons. The van der Waals surface area contributed by atoms with E-state index in [1.807, 2.05) is 19.1 Å². The molecule has 2 aromatic rings. The van der Waals surface area contributed by atoms with E-state index in [9.17, 15) is 0 Å². The van der Waals surface area contributed by atoms with Crippen molar-refractivity contribution in [3.8, 4) is 5.75 Å². The monoisotopic (exact) mass is 262 g/mol. The molecule has 0 unspecified atom stereocenters. The molecule has 3 rings (SSSR count). The lowest BCUT2D eigenvalue weighted by atomic mass is 9.81. The quantitative estimate of drug-likeness (QED) is 0.845. The lowest BCUT2D eigenvalue weighted by Crippen LogP contribution is -2.24. The van der Waals surface area contributed by atoms with Gasteiger partial charge in [0.15, 0.2) is 4.77 Å². The minimum Gasteiger partial charge on any atom is -0.492 e. The van der Waals surface area contributed by atoms with E-state index in [0.717, 1.165) is 22.0 Å². The van der Waals surface area contributed by atoms with Crippen molar-refractivity contribution in [1.29, 1.82) is 0 Å². The van der Waals surface area contributed by atoms with Crippen molar-refractivity contribution in [1.82, 2.24) is 9.55 Å². The van der Waals surface area contributed by atoms with Crippen molar-refractivity contribution < 1.29 is 4.74 Å². The highest BCUT2D eigenvalue weighted by atomic mass is 32.1. The molecule has 1 aromatic carbocycles. The molecule has 1 heterocycles. The summed E-state index contributed by atoms with van der Waals surface area (Å²) in [5.41, 5.74) is 2.20. The first-order valence-corrected chi connectivity index (χ1v) is 6.97. The molecule has 4 heteroatoms. The van der Waals surface area contributed by atoms with Gasteiger partial charge in [-0.2, -0.15) is 0 Å². The van der Waals surface area contributed by atoms with Gasteiger partial charge in [-0.1, -0.05) is 13.0 Å². The Morgan fingerprint density at radius 3 is 2.89 bits per heavy atom. The van der Waals surface area contributed by atoms with Crippen LogP contribution in [0.5, 0.6) is 5.75 Å². The molecular formula is C14H18N2OS. The average molecular weight is 262 g/mol. The molecule has 1 saturated carbocycles. The predicted molar refractivity (Wildman–Crippen MR) is 75.7 cm³/mol. The van der Waals surface area contributed by atoms with Gasteiger partial charge in [-0.3, -0.25) is 0 Å². The number of fused-ring (bicyclic) bond motifs is 1. The maximum atomic E-state index is 5.65. The number of nitrogens with one attached hydrogen (secondary N) is 1. The predicted octanol–water partition coefficient (Wildman–Crippen LogP) is 4.07. The fraction of sp³-hybridized carbons (Fsp3) is 0.500. The van der Waals surface area contributed by atoms with Crippen molar-refractivity contribution in [2.75, 3.05) is 6.61 Å². The Kier molecular flexibility index (Phi) is 2.90. The van der Waals surface area contributed by atoms with Crippen LogP contribution in [-0.2, 0) is 0 Å². The zero-order chi connectivity index (χ0) is 12.7. The van der Waals surface area contributed by atoms with E-state index in [2.05, 4.69) is 22.5 Å². The Labute approximate surface area is 112 Å². The second kappa shape index (κ2) is 4.43. The molecule has 1 aromatic heterocycles. The van der Waals surface area contributed by atoms with Crippen molar-refractivity contribution in [2.24, 2.45) is 5.92 Å². The fourth-order valence-corrected chi connectivity index (χ4v) is 3.18. The largest absolute Gasteiger partial charge is 0.492 e. The maximum Gasteiger partial charge on any atom is 0.178 e. The normalized spacial score (nSPS) is 23.0. The number of benzene rings is 1. The van der Waals surface area contributed by atoms with Gasteiger partial charge < -0.3 is 14.3 Å². The highest BCUT2D eigenvalue weighted by Gasteiger charge is 2.28. The van der Waals surface area contributed by atoms with E-state index in [0.29, 0.717) is 12.6 Å². The summed E-state index contributed by atoms with van der Waals surface area (Å²) >= 11 is 5.46. The van der Waals surface area contributed by atoms with Crippen molar-refractivity contribution in [3.05, 3.63) is 23.0 Å². The topological polar surface area (TPSA) is 29.9 Å². The molecule has 1 fully saturated rings. The van der Waals surface area contributed by atoms with Crippen molar-refractivity contribution in [2.45, 2.75) is 32.7 Å². The molecular weight excluding hydrogens is 244 g/mol. The Morgan fingerprint density at radius 2 is 2.22 bits per heavy atom. The highest BCUT2D eigenvalue weighted by molar-refractivity contribution is 7.71. The summed E-state index contributed by atoms with van der Waals surface area (Å²) in [6.45, 7) is 4.96. The van der Waals surface area contributed by atoms with Crippen LogP contribution in [0.1, 0.15) is 32.7 Å². The first kappa shape index (κ1) is 11.8. The van der Waals surface area contributed by atoms with E-state index >= 15 is 0 Å². The Balaban J connectivity index is 2.12. The Bertz CT molecular complexity index is 622. The number of imidazole rings is 1. The molecule has 0 atom stereocenters. The number of aromatic amines is 1. The molecule has 1 aliphatic rings. The third-order valence-electron chi connectivity index (χ3n) is 3.73. The van der Waals surface area contributed by atoms with Crippen LogP contribution < -0.4 is 4.74 Å². The minimum absolute atomic E-state index is 0.554. The summed E-state index contributed by atoms with van der Waals surface area (Å²) in [6, 6.07) is 6.70. The van der Waals surface area contributed by atoms with Gasteiger partial charge in [0.2, 0.25) is 0 Å². The fourth-order valence-electron chi connectivity index (χ4n) is 2.83. The molecule has 0 spiro atoms. The summed E-state index contributed by atoms with van der Waals surface area (Å²) in [7, 11) is 0. The number of rotatable bonds is 3. The van der Waals surface area contributed by atoms with E-state index in [1.54, 1.807) is 0 Å². The van der Waals surface area contributed by atoms with Crippen LogP contribution in [0, 0.1) is 10.7 Å². The molecule has 0 amide bonds. The van der Waals surface area contributed by atoms with Gasteiger partial charge in [0, 0.05) is 6.04 Å². The third kappa shape index (κ3) is 1.75. The second-order valence-electron chi connectivity index (χ2n) is 5.11. The number of hydrogen-bond donors (Lipinski definition) is 1. The first-order valence-electron chi connectivity index (χ1n) is 6.56. The molecule has 18 heavy (non-hydrogen) atoms. The summed E-state index contributed by atoms with van der Waals surface area (Å²) in [5.74, 6) is 1.71. The number of hydrogen-bond acceptors (Lipinski definition) is 2. The number of para-hydroxylation sites is 1. The van der Waals surface area contributed by atoms with Crippen LogP contribution in [0.25, 0.3) is 11.0 Å². The van der Waals surface area contributed by atoms with Gasteiger partial charge in [-0.05, 0) is 50.0 Å². The van der Waals surface area contributed by atoms with Gasteiger partial charge in [-0.15, -0.1) is 0 Å². The lowest BCUT2D eigenvalue weighted by Gasteiger charge is -2.34. The maximum absolute atomic E-state index is 5.65. The second-order valence-corrected chi connectivity index (χ2v) is 5.50. The van der Waals surface area contributed by atoms with E-state index in [4.69, 9.17) is 17.0 Å². The standard InChI is InChI=1S/C14H18N2OS/c1-3-17-12-6-4-5-11-13(12)15-14(18)16(11)10-7-9(2)8-10/h4-6,9-10H,3,7-8H2,1-2H3,(H,15,18). The summed E-state index contributed by atoms with van der Waals surface area (Å²) in [4.78, 5) is 3.30. The van der Waals surface area contributed by atoms with Crippen LogP contribution in [0.15, 0.2) is 18.2 Å². The number of nitrogens with zero attached hydrogens (tertiary/aromatic N) is 1. The Hall–Kier alpha value is -1.29. The molecule has 1 aliphatic carbocycles. The third-order valence-corrected chi connectivity index (χ3v) is 4.03. The summed E-state index contributed by atoms with van der Waals surface area (Å²) in [6.07, 6.45) is 2.44. The molecule has 0 bridgehead atoms. The van der Waals surface area contributed by atoms with Gasteiger partial charge in [0.25, 0.3) is 0 Å². The minimum atomic E-state index is 0.554. The van der Waals surface area contributed by atoms with Gasteiger partial charge in [0.05, 0.1) is 12.1 Å². The molecule has 1 N–H and O–H groups in total. The van der Waals surface area contributed by atoms with E-state index in [-0.39, 0.29) is 0 Å². The first-order chi connectivity index (χ1) is 8.70. The highest BCUT2D eigenvalue weighted by Crippen LogP contribution is 2.40. The molecule has 0 saturated heterocycles. The smallest absolute Gasteiger partial charge is 0.178 e. The number of H-pyrrole nitrogens is 1. The summed E-state index contributed by atoms with van der Waals surface area (Å²) in [5, 5.41) is 0. The average Bonchev–Trinajstić information content (AvgIpc) is 2.63. The molecule has 96 valence electrons. The number of ether oxygens (including phenoxy) is 1. The van der Waals surface area contributed by atoms with Crippen molar-refractivity contribution >= 4 is 23.3 Å². The molecule has 0 aliphatic heterocycles. The zero-order valence-electron chi connectivity index (χ0n) is 10.8. The van der Waals surface area contributed by atoms with Gasteiger partial charge in [0.1, 0.15) is 11.3 Å². The van der Waals surface area contributed by atoms with Crippen LogP contribution in [0.3, 0.4) is 0 Å². The van der Waals surface area contributed by atoms with Crippen LogP contribution in [0.4, 0.5) is 0 Å². The zero-order valence-corrected chi connectivity index (χ0v) is 11.6. The van der Waals surface area contributed by atoms with Crippen LogP contribution in [-0.4, -0.2) is 16.2 Å². The SMILES string of the molecule is CCOc1cccc2c1[nH]c(=S)n2C1CC(C)C1. The van der Waals surface area contributed by atoms with Crippen LogP contribution in [0.2, 0.25) is 0 Å². The van der Waals surface area contributed by atoms with Gasteiger partial charge >= 0.3 is 0 Å². The van der Waals surface area contributed by atoms with E-state index < -0.39 is 0 Å². The number of aromatic nitrogens is 2. The Morgan fingerprint density at radius 1 is 1.44 bits per heavy atom. The van der Waals surface area contributed by atoms with E-state index in [1.165, 1.54) is 18.4 Å². The molecule has 3 nitrogen and oxygen atoms in total. The van der Waals surface area contributed by atoms with Gasteiger partial charge in [-0.25, -0.2) is 0 Å². The van der Waals surface area contributed by atoms with Crippen LogP contribution >= 0.6 is 12.2 Å². The summed E-state index contributed by atoms with van der Waals surface area (Å²) < 4.78 is 8.72. The van der Waals surface area contributed by atoms with Crippen molar-refractivity contribution in [3.63, 3.8) is 0 Å².